The van der Waals surface area contributed by atoms with Crippen LogP contribution in [0.15, 0.2) is 48.5 Å². The van der Waals surface area contributed by atoms with Gasteiger partial charge >= 0.3 is 16.3 Å². The lowest BCUT2D eigenvalue weighted by Gasteiger charge is -2.32. The lowest BCUT2D eigenvalue weighted by Crippen LogP contribution is -2.39. The van der Waals surface area contributed by atoms with Crippen molar-refractivity contribution in [2.45, 2.75) is 12.6 Å². The molecule has 0 aliphatic carbocycles. The lowest BCUT2D eigenvalue weighted by atomic mass is 10.1. The molecule has 1 amide bonds. The Balaban J connectivity index is 1.68. The summed E-state index contributed by atoms with van der Waals surface area (Å²) in [5, 5.41) is 5.19. The Morgan fingerprint density at radius 2 is 1.89 bits per heavy atom. The molecule has 2 aliphatic rings. The van der Waals surface area contributed by atoms with Gasteiger partial charge < -0.3 is 14.4 Å². The van der Waals surface area contributed by atoms with E-state index < -0.39 is 22.3 Å². The Kier molecular flexibility index (Phi) is 4.40. The van der Waals surface area contributed by atoms with Gasteiger partial charge in [-0.15, -0.1) is 0 Å². The van der Waals surface area contributed by atoms with Gasteiger partial charge in [0, 0.05) is 6.54 Å². The van der Waals surface area contributed by atoms with Crippen molar-refractivity contribution in [2.24, 2.45) is 5.14 Å². The number of anilines is 1. The highest BCUT2D eigenvalue weighted by Gasteiger charge is 2.41. The van der Waals surface area contributed by atoms with Crippen LogP contribution in [0.2, 0.25) is 0 Å². The van der Waals surface area contributed by atoms with Crippen molar-refractivity contribution in [3.8, 4) is 5.75 Å². The van der Waals surface area contributed by atoms with Crippen LogP contribution in [-0.4, -0.2) is 38.6 Å². The molecule has 8 nitrogen and oxygen atoms in total. The predicted molar refractivity (Wildman–Crippen MR) is 98.5 cm³/mol. The van der Waals surface area contributed by atoms with E-state index in [-0.39, 0.29) is 6.61 Å². The van der Waals surface area contributed by atoms with Crippen molar-refractivity contribution in [2.75, 3.05) is 24.7 Å². The highest BCUT2D eigenvalue weighted by molar-refractivity contribution is 7.87. The molecular formula is C18H19N3O5S. The normalized spacial score (nSPS) is 19.4. The fraction of sp³-hybridized carbons (Fsp3) is 0.278. The second-order valence-electron chi connectivity index (χ2n) is 6.42. The molecule has 2 aliphatic heterocycles. The maximum absolute atomic E-state index is 11.8. The average Bonchev–Trinajstić information content (AvgIpc) is 3.04. The van der Waals surface area contributed by atoms with Crippen molar-refractivity contribution < 1.29 is 22.7 Å². The van der Waals surface area contributed by atoms with Gasteiger partial charge in [-0.25, -0.2) is 9.93 Å². The number of carbonyl (C=O) groups is 1. The summed E-state index contributed by atoms with van der Waals surface area (Å²) >= 11 is 0. The average molecular weight is 389 g/mol. The molecule has 142 valence electrons. The Morgan fingerprint density at radius 3 is 2.63 bits per heavy atom. The first-order valence-corrected chi connectivity index (χ1v) is 9.98. The maximum Gasteiger partial charge on any atom is 0.425 e. The number of hydrogen-bond acceptors (Lipinski definition) is 6. The fourth-order valence-corrected chi connectivity index (χ4v) is 4.18. The number of amides is 1. The van der Waals surface area contributed by atoms with Gasteiger partial charge in [0.25, 0.3) is 0 Å². The summed E-state index contributed by atoms with van der Waals surface area (Å²) in [5.41, 5.74) is 2.62. The SMILES string of the molecule is NS(=O)(=O)N1C(=O)OCC1c1ccc2c(c1)N(Cc1ccccc1)CCO2. The molecule has 2 aromatic carbocycles. The molecular weight excluding hydrogens is 370 g/mol. The third-order valence-corrected chi connectivity index (χ3v) is 5.60. The molecule has 0 saturated carbocycles. The maximum atomic E-state index is 11.8. The molecule has 1 atom stereocenters. The van der Waals surface area contributed by atoms with Crippen LogP contribution in [0.3, 0.4) is 0 Å². The van der Waals surface area contributed by atoms with E-state index in [1.807, 2.05) is 36.4 Å². The summed E-state index contributed by atoms with van der Waals surface area (Å²) in [6.07, 6.45) is -0.961. The first-order valence-electron chi connectivity index (χ1n) is 8.48. The molecule has 0 spiro atoms. The number of rotatable bonds is 4. The summed E-state index contributed by atoms with van der Waals surface area (Å²) in [5.74, 6) is 0.716. The molecule has 1 unspecified atom stereocenters. The Labute approximate surface area is 157 Å². The van der Waals surface area contributed by atoms with Gasteiger partial charge in [-0.3, -0.25) is 0 Å². The number of ether oxygens (including phenoxy) is 2. The van der Waals surface area contributed by atoms with Crippen LogP contribution >= 0.6 is 0 Å². The highest BCUT2D eigenvalue weighted by Crippen LogP contribution is 2.38. The van der Waals surface area contributed by atoms with Crippen LogP contribution in [0.4, 0.5) is 10.5 Å². The van der Waals surface area contributed by atoms with Crippen molar-refractivity contribution in [1.29, 1.82) is 0 Å². The number of fused-ring (bicyclic) bond motifs is 1. The molecule has 2 N–H and O–H groups in total. The van der Waals surface area contributed by atoms with Crippen LogP contribution < -0.4 is 14.8 Å². The van der Waals surface area contributed by atoms with Crippen molar-refractivity contribution >= 4 is 22.0 Å². The number of benzene rings is 2. The molecule has 0 radical (unpaired) electrons. The minimum Gasteiger partial charge on any atom is -0.490 e. The van der Waals surface area contributed by atoms with Crippen molar-refractivity contribution in [1.82, 2.24) is 4.31 Å². The monoisotopic (exact) mass is 389 g/mol. The molecule has 4 rings (SSSR count). The minimum absolute atomic E-state index is 0.0758. The summed E-state index contributed by atoms with van der Waals surface area (Å²) in [6.45, 7) is 1.88. The van der Waals surface area contributed by atoms with Gasteiger partial charge in [-0.2, -0.15) is 12.7 Å². The van der Waals surface area contributed by atoms with E-state index in [0.29, 0.717) is 35.3 Å². The van der Waals surface area contributed by atoms with E-state index in [1.165, 1.54) is 0 Å². The first kappa shape index (κ1) is 17.6. The summed E-state index contributed by atoms with van der Waals surface area (Å²) < 4.78 is 34.8. The quantitative estimate of drug-likeness (QED) is 0.855. The largest absolute Gasteiger partial charge is 0.490 e. The van der Waals surface area contributed by atoms with Crippen molar-refractivity contribution in [3.63, 3.8) is 0 Å². The molecule has 9 heteroatoms. The second-order valence-corrected chi connectivity index (χ2v) is 7.84. The van der Waals surface area contributed by atoms with Crippen LogP contribution in [-0.2, 0) is 21.5 Å². The number of carbonyl (C=O) groups excluding carboxylic acids is 1. The standard InChI is InChI=1S/C18H19N3O5S/c19-27(23,24)21-16(12-26-18(21)22)14-6-7-17-15(10-14)20(8-9-25-17)11-13-4-2-1-3-5-13/h1-7,10,16H,8-9,11-12H2,(H2,19,23,24). The topological polar surface area (TPSA) is 102 Å². The van der Waals surface area contributed by atoms with E-state index in [2.05, 4.69) is 4.90 Å². The van der Waals surface area contributed by atoms with Gasteiger partial charge in [0.15, 0.2) is 0 Å². The minimum atomic E-state index is -4.22. The zero-order chi connectivity index (χ0) is 19.0. The third-order valence-electron chi connectivity index (χ3n) is 4.65. The fourth-order valence-electron chi connectivity index (χ4n) is 3.39. The van der Waals surface area contributed by atoms with E-state index in [1.54, 1.807) is 12.1 Å². The van der Waals surface area contributed by atoms with Crippen molar-refractivity contribution in [3.05, 3.63) is 59.7 Å². The Hall–Kier alpha value is -2.78. The third kappa shape index (κ3) is 3.43. The Bertz CT molecular complexity index is 964. The molecule has 2 aromatic rings. The van der Waals surface area contributed by atoms with Gasteiger partial charge in [0.2, 0.25) is 0 Å². The van der Waals surface area contributed by atoms with Gasteiger partial charge in [-0.05, 0) is 23.3 Å². The van der Waals surface area contributed by atoms with Crippen LogP contribution in [0, 0.1) is 0 Å². The molecule has 27 heavy (non-hydrogen) atoms. The first-order chi connectivity index (χ1) is 12.9. The van der Waals surface area contributed by atoms with E-state index in [4.69, 9.17) is 14.6 Å². The van der Waals surface area contributed by atoms with E-state index in [0.717, 1.165) is 11.3 Å². The summed E-state index contributed by atoms with van der Waals surface area (Å²) in [6, 6.07) is 14.6. The zero-order valence-electron chi connectivity index (χ0n) is 14.4. The number of nitrogens with two attached hydrogens (primary N) is 1. The molecule has 0 bridgehead atoms. The highest BCUT2D eigenvalue weighted by atomic mass is 32.2. The molecule has 1 fully saturated rings. The van der Waals surface area contributed by atoms with Crippen LogP contribution in [0.25, 0.3) is 0 Å². The number of cyclic esters (lactones) is 1. The lowest BCUT2D eigenvalue weighted by molar-refractivity contribution is 0.170. The Morgan fingerprint density at radius 1 is 1.11 bits per heavy atom. The smallest absolute Gasteiger partial charge is 0.425 e. The summed E-state index contributed by atoms with van der Waals surface area (Å²) in [7, 11) is -4.22. The van der Waals surface area contributed by atoms with Gasteiger partial charge in [0.05, 0.1) is 12.2 Å². The van der Waals surface area contributed by atoms with Gasteiger partial charge in [-0.1, -0.05) is 36.4 Å². The number of nitrogens with zero attached hydrogens (tertiary/aromatic N) is 2. The van der Waals surface area contributed by atoms with Crippen LogP contribution in [0.1, 0.15) is 17.2 Å². The molecule has 1 saturated heterocycles. The van der Waals surface area contributed by atoms with E-state index in [9.17, 15) is 13.2 Å². The van der Waals surface area contributed by atoms with Gasteiger partial charge in [0.1, 0.15) is 25.0 Å². The van der Waals surface area contributed by atoms with E-state index >= 15 is 0 Å². The molecule has 0 aromatic heterocycles. The zero-order valence-corrected chi connectivity index (χ0v) is 15.3. The second kappa shape index (κ2) is 6.75. The number of hydrogen-bond donors (Lipinski definition) is 1. The molecule has 2 heterocycles. The summed E-state index contributed by atoms with van der Waals surface area (Å²) in [4.78, 5) is 14.0. The van der Waals surface area contributed by atoms with Crippen LogP contribution in [0.5, 0.6) is 5.75 Å². The predicted octanol–water partition coefficient (Wildman–Crippen LogP) is 1.78.